The van der Waals surface area contributed by atoms with Gasteiger partial charge in [-0.05, 0) is 63.0 Å². The minimum absolute atomic E-state index is 0.000718. The van der Waals surface area contributed by atoms with Crippen LogP contribution in [0.15, 0.2) is 73.2 Å². The number of carbonyl (C=O) groups excluding carboxylic acids is 2. The second-order valence-electron chi connectivity index (χ2n) is 10.9. The number of nitrogens with two attached hydrogens (primary N) is 1. The quantitative estimate of drug-likeness (QED) is 0.345. The second kappa shape index (κ2) is 10.2. The minimum atomic E-state index is -0.251. The highest BCUT2D eigenvalue weighted by Crippen LogP contribution is 2.58. The summed E-state index contributed by atoms with van der Waals surface area (Å²) in [5.74, 6) is 1.37. The summed E-state index contributed by atoms with van der Waals surface area (Å²) in [6.45, 7) is 1.43. The second-order valence-corrected chi connectivity index (χ2v) is 10.9. The molecule has 6 rings (SSSR count). The van der Waals surface area contributed by atoms with E-state index in [0.717, 1.165) is 37.2 Å². The molecule has 1 aromatic carbocycles. The molecule has 10 heteroatoms. The van der Waals surface area contributed by atoms with Crippen LogP contribution in [0.1, 0.15) is 41.5 Å². The van der Waals surface area contributed by atoms with Crippen LogP contribution in [0.2, 0.25) is 0 Å². The Labute approximate surface area is 232 Å². The molecule has 1 saturated carbocycles. The predicted octanol–water partition coefficient (Wildman–Crippen LogP) is 3.80. The van der Waals surface area contributed by atoms with Gasteiger partial charge in [0, 0.05) is 48.9 Å². The van der Waals surface area contributed by atoms with Gasteiger partial charge < -0.3 is 20.9 Å². The van der Waals surface area contributed by atoms with Crippen molar-refractivity contribution in [2.45, 2.75) is 25.3 Å². The Morgan fingerprint density at radius 3 is 2.62 bits per heavy atom. The first kappa shape index (κ1) is 25.7. The molecule has 1 aliphatic carbocycles. The van der Waals surface area contributed by atoms with E-state index in [-0.39, 0.29) is 23.3 Å². The molecule has 1 saturated heterocycles. The number of hydrogen-bond acceptors (Lipinski definition) is 7. The van der Waals surface area contributed by atoms with Gasteiger partial charge in [-0.25, -0.2) is 15.0 Å². The summed E-state index contributed by atoms with van der Waals surface area (Å²) in [4.78, 5) is 43.6. The Morgan fingerprint density at radius 1 is 1.12 bits per heavy atom. The number of amides is 2. The van der Waals surface area contributed by atoms with Gasteiger partial charge in [0.05, 0.1) is 6.04 Å². The molecule has 204 valence electrons. The summed E-state index contributed by atoms with van der Waals surface area (Å²) in [6, 6.07) is 12.4. The predicted molar refractivity (Wildman–Crippen MR) is 153 cm³/mol. The van der Waals surface area contributed by atoms with Gasteiger partial charge in [-0.3, -0.25) is 14.0 Å². The van der Waals surface area contributed by atoms with Crippen molar-refractivity contribution in [2.75, 3.05) is 38.2 Å². The number of likely N-dealkylation sites (tertiary alicyclic amines) is 1. The first-order chi connectivity index (χ1) is 19.3. The summed E-state index contributed by atoms with van der Waals surface area (Å²) in [7, 11) is 3.95. The van der Waals surface area contributed by atoms with Gasteiger partial charge in [-0.15, -0.1) is 0 Å². The molecule has 4 aromatic rings. The zero-order chi connectivity index (χ0) is 27.9. The van der Waals surface area contributed by atoms with Gasteiger partial charge >= 0.3 is 0 Å². The highest BCUT2D eigenvalue weighted by molar-refractivity contribution is 6.04. The number of nitrogen functional groups attached to an aromatic ring is 1. The summed E-state index contributed by atoms with van der Waals surface area (Å²) in [5.41, 5.74) is 9.22. The number of nitrogens with zero attached hydrogens (tertiary/aromatic N) is 6. The van der Waals surface area contributed by atoms with Crippen LogP contribution in [0, 0.1) is 5.41 Å². The fraction of sp³-hybridized carbons (Fsp3) is 0.300. The molecule has 10 nitrogen and oxygen atoms in total. The lowest BCUT2D eigenvalue weighted by atomic mass is 10.0. The lowest BCUT2D eigenvalue weighted by Crippen LogP contribution is -2.31. The van der Waals surface area contributed by atoms with E-state index in [9.17, 15) is 9.59 Å². The van der Waals surface area contributed by atoms with Crippen LogP contribution in [0.4, 0.5) is 11.6 Å². The number of hydrogen-bond donors (Lipinski definition) is 2. The van der Waals surface area contributed by atoms with Crippen molar-refractivity contribution < 1.29 is 9.59 Å². The first-order valence-corrected chi connectivity index (χ1v) is 13.4. The van der Waals surface area contributed by atoms with Gasteiger partial charge in [0.1, 0.15) is 28.7 Å². The molecular formula is C30H32N8O2. The Morgan fingerprint density at radius 2 is 1.93 bits per heavy atom. The Kier molecular flexibility index (Phi) is 6.55. The van der Waals surface area contributed by atoms with E-state index in [4.69, 9.17) is 10.7 Å². The summed E-state index contributed by atoms with van der Waals surface area (Å²) < 4.78 is 1.97. The van der Waals surface area contributed by atoms with Gasteiger partial charge in [-0.1, -0.05) is 24.3 Å². The van der Waals surface area contributed by atoms with Crippen molar-refractivity contribution >= 4 is 29.0 Å². The first-order valence-electron chi connectivity index (χ1n) is 13.4. The van der Waals surface area contributed by atoms with Crippen LogP contribution in [0.3, 0.4) is 0 Å². The highest BCUT2D eigenvalue weighted by atomic mass is 16.2. The maximum Gasteiger partial charge on any atom is 0.256 e. The molecule has 40 heavy (non-hydrogen) atoms. The largest absolute Gasteiger partial charge is 0.382 e. The number of benzene rings is 1. The van der Waals surface area contributed by atoms with Gasteiger partial charge in [0.25, 0.3) is 5.91 Å². The lowest BCUT2D eigenvalue weighted by molar-refractivity contribution is -0.127. The molecule has 1 unspecified atom stereocenters. The number of carbonyl (C=O) groups is 2. The molecule has 2 aliphatic rings. The Balaban J connectivity index is 1.33. The number of pyridine rings is 1. The van der Waals surface area contributed by atoms with Crippen LogP contribution in [-0.4, -0.2) is 68.2 Å². The van der Waals surface area contributed by atoms with Crippen LogP contribution < -0.4 is 11.1 Å². The summed E-state index contributed by atoms with van der Waals surface area (Å²) in [6.07, 6.45) is 11.8. The van der Waals surface area contributed by atoms with E-state index < -0.39 is 0 Å². The number of fused-ring (bicyclic) bond motifs is 1. The van der Waals surface area contributed by atoms with E-state index in [1.807, 2.05) is 58.8 Å². The van der Waals surface area contributed by atoms with Crippen molar-refractivity contribution in [2.24, 2.45) is 5.41 Å². The van der Waals surface area contributed by atoms with E-state index in [1.165, 1.54) is 0 Å². The van der Waals surface area contributed by atoms with E-state index in [2.05, 4.69) is 15.3 Å². The van der Waals surface area contributed by atoms with Crippen LogP contribution >= 0.6 is 0 Å². The number of nitrogens with one attached hydrogen (secondary N) is 1. The van der Waals surface area contributed by atoms with Gasteiger partial charge in [0.15, 0.2) is 0 Å². The van der Waals surface area contributed by atoms with Gasteiger partial charge in [-0.2, -0.15) is 0 Å². The smallest absolute Gasteiger partial charge is 0.256 e. The summed E-state index contributed by atoms with van der Waals surface area (Å²) in [5, 5.41) is 2.80. The Bertz CT molecular complexity index is 1590. The third-order valence-corrected chi connectivity index (χ3v) is 7.71. The molecule has 0 radical (unpaired) electrons. The van der Waals surface area contributed by atoms with Crippen LogP contribution in [0.5, 0.6) is 0 Å². The normalized spacial score (nSPS) is 17.8. The number of anilines is 2. The molecule has 2 amide bonds. The molecule has 2 fully saturated rings. The van der Waals surface area contributed by atoms with E-state index in [1.54, 1.807) is 42.7 Å². The third-order valence-electron chi connectivity index (χ3n) is 7.71. The van der Waals surface area contributed by atoms with Crippen molar-refractivity contribution in [3.63, 3.8) is 0 Å². The van der Waals surface area contributed by atoms with Crippen molar-refractivity contribution in [3.8, 4) is 11.3 Å². The zero-order valence-corrected chi connectivity index (χ0v) is 22.6. The monoisotopic (exact) mass is 536 g/mol. The third kappa shape index (κ3) is 4.93. The van der Waals surface area contributed by atoms with Crippen molar-refractivity contribution in [3.05, 3.63) is 84.6 Å². The topological polar surface area (TPSA) is 122 Å². The van der Waals surface area contributed by atoms with E-state index >= 15 is 0 Å². The average Bonchev–Trinajstić information content (AvgIpc) is 3.42. The SMILES string of the molecule is CN(C)CC=CC(=O)N1CC2(CC2)CC1c1nc(-c2ccc(C(=O)Nc3ccccn3)cc2)c2c(N)nccn12. The zero-order valence-electron chi connectivity index (χ0n) is 22.6. The average molecular weight is 537 g/mol. The van der Waals surface area contributed by atoms with Gasteiger partial charge in [0.2, 0.25) is 5.91 Å². The molecule has 3 aromatic heterocycles. The molecule has 0 bridgehead atoms. The molecule has 4 heterocycles. The van der Waals surface area contributed by atoms with Crippen molar-refractivity contribution in [1.82, 2.24) is 29.2 Å². The molecule has 1 spiro atoms. The molecular weight excluding hydrogens is 504 g/mol. The Hall–Kier alpha value is -4.57. The van der Waals surface area contributed by atoms with Crippen LogP contribution in [0.25, 0.3) is 16.8 Å². The fourth-order valence-electron chi connectivity index (χ4n) is 5.45. The standard InChI is InChI=1S/C30H32N8O2/c1-36(2)16-5-7-24(39)38-19-30(12-13-30)18-22(38)28-35-25(26-27(31)33-15-17-37(26)28)20-8-10-21(11-9-20)29(40)34-23-6-3-4-14-32-23/h3-11,14-15,17,22H,12-13,16,18-19H2,1-2H3,(H2,31,33)(H,32,34,40). The molecule has 3 N–H and O–H groups in total. The maximum atomic E-state index is 13.3. The number of rotatable bonds is 7. The minimum Gasteiger partial charge on any atom is -0.382 e. The number of imidazole rings is 1. The lowest BCUT2D eigenvalue weighted by Gasteiger charge is -2.22. The van der Waals surface area contributed by atoms with E-state index in [0.29, 0.717) is 35.0 Å². The fourth-order valence-corrected chi connectivity index (χ4v) is 5.45. The van der Waals surface area contributed by atoms with Crippen molar-refractivity contribution in [1.29, 1.82) is 0 Å². The molecule has 1 aliphatic heterocycles. The maximum absolute atomic E-state index is 13.3. The number of aromatic nitrogens is 4. The number of likely N-dealkylation sites (N-methyl/N-ethyl adjacent to an activating group) is 1. The highest BCUT2D eigenvalue weighted by Gasteiger charge is 2.54. The molecule has 1 atom stereocenters. The van der Waals surface area contributed by atoms with Crippen LogP contribution in [-0.2, 0) is 4.79 Å². The summed E-state index contributed by atoms with van der Waals surface area (Å²) >= 11 is 0.